The summed E-state index contributed by atoms with van der Waals surface area (Å²) in [6, 6.07) is 1.97. The summed E-state index contributed by atoms with van der Waals surface area (Å²) in [5.41, 5.74) is 0.985. The van der Waals surface area contributed by atoms with Gasteiger partial charge in [-0.2, -0.15) is 0 Å². The molecule has 5 nitrogen and oxygen atoms in total. The summed E-state index contributed by atoms with van der Waals surface area (Å²) in [5, 5.41) is 7.45. The number of aromatic nitrogens is 1. The van der Waals surface area contributed by atoms with Crippen LogP contribution >= 0.6 is 0 Å². The monoisotopic (exact) mass is 253 g/mol. The summed E-state index contributed by atoms with van der Waals surface area (Å²) >= 11 is 0. The molecule has 2 heterocycles. The first-order valence-corrected chi connectivity index (χ1v) is 6.60. The highest BCUT2D eigenvalue weighted by atomic mass is 16.5. The Kier molecular flexibility index (Phi) is 5.16. The molecular weight excluding hydrogens is 230 g/mol. The van der Waals surface area contributed by atoms with Crippen molar-refractivity contribution in [2.45, 2.75) is 26.0 Å². The van der Waals surface area contributed by atoms with Crippen molar-refractivity contribution >= 4 is 0 Å². The Labute approximate surface area is 108 Å². The summed E-state index contributed by atoms with van der Waals surface area (Å²) in [5.74, 6) is 1.60. The molecule has 102 valence electrons. The average molecular weight is 253 g/mol. The minimum absolute atomic E-state index is 0.491. The van der Waals surface area contributed by atoms with E-state index in [9.17, 15) is 0 Å². The Balaban J connectivity index is 1.76. The van der Waals surface area contributed by atoms with Gasteiger partial charge in [0, 0.05) is 26.3 Å². The van der Waals surface area contributed by atoms with Crippen LogP contribution < -0.4 is 5.32 Å². The standard InChI is InChI=1S/C13H23N3O2/c1-16(8-11-3-5-14-6-4-11)9-12-7-13(10-17-2)18-15-12/h7,11,14H,3-6,8-10H2,1-2H3. The molecule has 0 bridgehead atoms. The van der Waals surface area contributed by atoms with Crippen LogP contribution in [0.15, 0.2) is 10.6 Å². The van der Waals surface area contributed by atoms with Gasteiger partial charge in [-0.05, 0) is 38.9 Å². The lowest BCUT2D eigenvalue weighted by Crippen LogP contribution is -2.34. The molecule has 1 saturated heterocycles. The van der Waals surface area contributed by atoms with E-state index in [1.807, 2.05) is 6.07 Å². The summed E-state index contributed by atoms with van der Waals surface area (Å²) in [4.78, 5) is 2.32. The molecule has 2 rings (SSSR count). The molecule has 18 heavy (non-hydrogen) atoms. The molecule has 0 unspecified atom stereocenters. The van der Waals surface area contributed by atoms with E-state index in [1.54, 1.807) is 7.11 Å². The lowest BCUT2D eigenvalue weighted by atomic mass is 9.98. The second kappa shape index (κ2) is 6.87. The molecule has 0 spiro atoms. The second-order valence-corrected chi connectivity index (χ2v) is 5.11. The maximum absolute atomic E-state index is 5.18. The number of piperidine rings is 1. The van der Waals surface area contributed by atoms with Crippen LogP contribution in [-0.4, -0.2) is 43.8 Å². The van der Waals surface area contributed by atoms with Gasteiger partial charge in [0.1, 0.15) is 6.61 Å². The highest BCUT2D eigenvalue weighted by Gasteiger charge is 2.16. The summed E-state index contributed by atoms with van der Waals surface area (Å²) in [7, 11) is 3.80. The van der Waals surface area contributed by atoms with Crippen LogP contribution in [0.25, 0.3) is 0 Å². The summed E-state index contributed by atoms with van der Waals surface area (Å²) in [6.07, 6.45) is 2.55. The number of hydrogen-bond donors (Lipinski definition) is 1. The van der Waals surface area contributed by atoms with Gasteiger partial charge in [0.05, 0.1) is 5.69 Å². The Morgan fingerprint density at radius 1 is 1.50 bits per heavy atom. The zero-order chi connectivity index (χ0) is 12.8. The van der Waals surface area contributed by atoms with E-state index >= 15 is 0 Å². The van der Waals surface area contributed by atoms with E-state index in [0.717, 1.165) is 43.6 Å². The Morgan fingerprint density at radius 3 is 3.00 bits per heavy atom. The van der Waals surface area contributed by atoms with E-state index in [1.165, 1.54) is 12.8 Å². The third-order valence-corrected chi connectivity index (χ3v) is 3.35. The Hall–Kier alpha value is -0.910. The highest BCUT2D eigenvalue weighted by Crippen LogP contribution is 2.14. The lowest BCUT2D eigenvalue weighted by Gasteiger charge is -2.26. The third-order valence-electron chi connectivity index (χ3n) is 3.35. The fourth-order valence-electron chi connectivity index (χ4n) is 2.49. The van der Waals surface area contributed by atoms with Gasteiger partial charge in [-0.1, -0.05) is 5.16 Å². The molecule has 5 heteroatoms. The Morgan fingerprint density at radius 2 is 2.28 bits per heavy atom. The van der Waals surface area contributed by atoms with Gasteiger partial charge in [0.2, 0.25) is 0 Å². The van der Waals surface area contributed by atoms with Crippen molar-refractivity contribution in [3.63, 3.8) is 0 Å². The van der Waals surface area contributed by atoms with Gasteiger partial charge in [-0.25, -0.2) is 0 Å². The number of hydrogen-bond acceptors (Lipinski definition) is 5. The maximum Gasteiger partial charge on any atom is 0.162 e. The molecule has 1 fully saturated rings. The molecule has 0 aromatic carbocycles. The van der Waals surface area contributed by atoms with Gasteiger partial charge >= 0.3 is 0 Å². The largest absolute Gasteiger partial charge is 0.377 e. The SMILES string of the molecule is COCc1cc(CN(C)CC2CCNCC2)no1. The van der Waals surface area contributed by atoms with Crippen LogP contribution in [0.2, 0.25) is 0 Å². The molecule has 1 N–H and O–H groups in total. The van der Waals surface area contributed by atoms with Crippen molar-refractivity contribution in [3.05, 3.63) is 17.5 Å². The van der Waals surface area contributed by atoms with Crippen LogP contribution in [0.1, 0.15) is 24.3 Å². The van der Waals surface area contributed by atoms with Gasteiger partial charge in [-0.15, -0.1) is 0 Å². The van der Waals surface area contributed by atoms with E-state index < -0.39 is 0 Å². The predicted octanol–water partition coefficient (Wildman–Crippen LogP) is 1.25. The predicted molar refractivity (Wildman–Crippen MR) is 69.1 cm³/mol. The van der Waals surface area contributed by atoms with Crippen LogP contribution in [0.4, 0.5) is 0 Å². The van der Waals surface area contributed by atoms with Crippen LogP contribution in [-0.2, 0) is 17.9 Å². The lowest BCUT2D eigenvalue weighted by molar-refractivity contribution is 0.155. The normalized spacial score (nSPS) is 17.5. The first-order valence-electron chi connectivity index (χ1n) is 6.60. The molecule has 0 radical (unpaired) electrons. The van der Waals surface area contributed by atoms with Crippen molar-refractivity contribution in [1.82, 2.24) is 15.4 Å². The minimum atomic E-state index is 0.491. The fraction of sp³-hybridized carbons (Fsp3) is 0.769. The first-order chi connectivity index (χ1) is 8.78. The van der Waals surface area contributed by atoms with Gasteiger partial charge in [-0.3, -0.25) is 0 Å². The molecule has 0 amide bonds. The number of methoxy groups -OCH3 is 1. The van der Waals surface area contributed by atoms with Crippen molar-refractivity contribution < 1.29 is 9.26 Å². The molecule has 1 aliphatic rings. The number of ether oxygens (including phenoxy) is 1. The molecule has 0 atom stereocenters. The van der Waals surface area contributed by atoms with E-state index in [2.05, 4.69) is 22.4 Å². The average Bonchev–Trinajstić information content (AvgIpc) is 2.78. The first kappa shape index (κ1) is 13.5. The Bertz CT molecular complexity index is 348. The zero-order valence-corrected chi connectivity index (χ0v) is 11.3. The molecular formula is C13H23N3O2. The molecule has 1 aromatic rings. The van der Waals surface area contributed by atoms with Crippen LogP contribution in [0, 0.1) is 5.92 Å². The third kappa shape index (κ3) is 4.08. The van der Waals surface area contributed by atoms with Gasteiger partial charge in [0.15, 0.2) is 5.76 Å². The molecule has 1 aromatic heterocycles. The van der Waals surface area contributed by atoms with E-state index in [0.29, 0.717) is 6.61 Å². The van der Waals surface area contributed by atoms with E-state index in [-0.39, 0.29) is 0 Å². The van der Waals surface area contributed by atoms with Crippen LogP contribution in [0.5, 0.6) is 0 Å². The smallest absolute Gasteiger partial charge is 0.162 e. The van der Waals surface area contributed by atoms with Crippen molar-refractivity contribution in [2.24, 2.45) is 5.92 Å². The van der Waals surface area contributed by atoms with Crippen molar-refractivity contribution in [2.75, 3.05) is 33.8 Å². The quantitative estimate of drug-likeness (QED) is 0.827. The van der Waals surface area contributed by atoms with Gasteiger partial charge < -0.3 is 19.5 Å². The van der Waals surface area contributed by atoms with Crippen molar-refractivity contribution in [3.8, 4) is 0 Å². The number of nitrogens with one attached hydrogen (secondary N) is 1. The number of rotatable bonds is 6. The minimum Gasteiger partial charge on any atom is -0.377 e. The van der Waals surface area contributed by atoms with Crippen LogP contribution in [0.3, 0.4) is 0 Å². The summed E-state index contributed by atoms with van der Waals surface area (Å²) in [6.45, 7) is 4.78. The molecule has 0 saturated carbocycles. The molecule has 0 aliphatic carbocycles. The second-order valence-electron chi connectivity index (χ2n) is 5.11. The highest BCUT2D eigenvalue weighted by molar-refractivity contribution is 5.04. The summed E-state index contributed by atoms with van der Waals surface area (Å²) < 4.78 is 10.2. The molecule has 1 aliphatic heterocycles. The van der Waals surface area contributed by atoms with E-state index in [4.69, 9.17) is 9.26 Å². The van der Waals surface area contributed by atoms with Crippen molar-refractivity contribution in [1.29, 1.82) is 0 Å². The number of nitrogens with zero attached hydrogens (tertiary/aromatic N) is 2. The fourth-order valence-corrected chi connectivity index (χ4v) is 2.49. The van der Waals surface area contributed by atoms with Gasteiger partial charge in [0.25, 0.3) is 0 Å². The maximum atomic E-state index is 5.18. The zero-order valence-electron chi connectivity index (χ0n) is 11.3. The topological polar surface area (TPSA) is 50.5 Å².